The lowest BCUT2D eigenvalue weighted by molar-refractivity contribution is -0.138. The number of hydrogen-bond acceptors (Lipinski definition) is 2. The standard InChI is InChI=1S/C11H22N2O3/c1-5-9(6-2)7(3)12-11(16)13-8(4)10(14)15/h7-9H,5-6H2,1-4H3,(H,14,15)(H2,12,13,16)/t7?,8-/m0/s1. The van der Waals surface area contributed by atoms with Gasteiger partial charge in [0.25, 0.3) is 0 Å². The summed E-state index contributed by atoms with van der Waals surface area (Å²) in [5, 5.41) is 13.7. The molecule has 0 saturated carbocycles. The number of rotatable bonds is 6. The molecular weight excluding hydrogens is 208 g/mol. The van der Waals surface area contributed by atoms with E-state index in [1.165, 1.54) is 6.92 Å². The van der Waals surface area contributed by atoms with Crippen molar-refractivity contribution in [3.05, 3.63) is 0 Å². The first kappa shape index (κ1) is 14.7. The summed E-state index contributed by atoms with van der Waals surface area (Å²) in [5.41, 5.74) is 0. The molecule has 0 aromatic carbocycles. The second-order valence-corrected chi connectivity index (χ2v) is 4.04. The maximum Gasteiger partial charge on any atom is 0.325 e. The van der Waals surface area contributed by atoms with E-state index >= 15 is 0 Å². The fraction of sp³-hybridized carbons (Fsp3) is 0.818. The molecule has 5 nitrogen and oxygen atoms in total. The fourth-order valence-electron chi connectivity index (χ4n) is 1.62. The van der Waals surface area contributed by atoms with Crippen LogP contribution in [0.2, 0.25) is 0 Å². The number of carbonyl (C=O) groups excluding carboxylic acids is 1. The molecule has 0 aliphatic carbocycles. The number of amides is 2. The highest BCUT2D eigenvalue weighted by Crippen LogP contribution is 2.12. The van der Waals surface area contributed by atoms with E-state index in [0.717, 1.165) is 12.8 Å². The zero-order chi connectivity index (χ0) is 12.7. The summed E-state index contributed by atoms with van der Waals surface area (Å²) < 4.78 is 0. The van der Waals surface area contributed by atoms with E-state index in [4.69, 9.17) is 5.11 Å². The summed E-state index contributed by atoms with van der Waals surface area (Å²) >= 11 is 0. The Balaban J connectivity index is 4.09. The molecule has 0 saturated heterocycles. The Morgan fingerprint density at radius 2 is 1.62 bits per heavy atom. The van der Waals surface area contributed by atoms with Crippen LogP contribution in [0.5, 0.6) is 0 Å². The maximum atomic E-state index is 11.4. The van der Waals surface area contributed by atoms with Crippen molar-refractivity contribution >= 4 is 12.0 Å². The Kier molecular flexibility index (Phi) is 6.53. The molecule has 0 fully saturated rings. The molecule has 0 aromatic heterocycles. The fourth-order valence-corrected chi connectivity index (χ4v) is 1.62. The summed E-state index contributed by atoms with van der Waals surface area (Å²) in [7, 11) is 0. The first-order valence-electron chi connectivity index (χ1n) is 5.72. The van der Waals surface area contributed by atoms with E-state index in [2.05, 4.69) is 24.5 Å². The molecule has 0 bridgehead atoms. The monoisotopic (exact) mass is 230 g/mol. The van der Waals surface area contributed by atoms with Crippen LogP contribution in [0.25, 0.3) is 0 Å². The highest BCUT2D eigenvalue weighted by Gasteiger charge is 2.18. The van der Waals surface area contributed by atoms with Gasteiger partial charge in [0.1, 0.15) is 6.04 Å². The molecule has 0 spiro atoms. The predicted octanol–water partition coefficient (Wildman–Crippen LogP) is 1.58. The zero-order valence-electron chi connectivity index (χ0n) is 10.4. The smallest absolute Gasteiger partial charge is 0.325 e. The van der Waals surface area contributed by atoms with Crippen molar-refractivity contribution in [2.24, 2.45) is 5.92 Å². The molecule has 0 aliphatic rings. The van der Waals surface area contributed by atoms with Crippen LogP contribution in [0.15, 0.2) is 0 Å². The van der Waals surface area contributed by atoms with E-state index in [1.807, 2.05) is 6.92 Å². The normalized spacial score (nSPS) is 14.3. The molecule has 5 heteroatoms. The van der Waals surface area contributed by atoms with Gasteiger partial charge in [0.2, 0.25) is 0 Å². The summed E-state index contributed by atoms with van der Waals surface area (Å²) in [6.45, 7) is 7.51. The topological polar surface area (TPSA) is 78.4 Å². The van der Waals surface area contributed by atoms with Gasteiger partial charge in [-0.1, -0.05) is 26.7 Å². The largest absolute Gasteiger partial charge is 0.480 e. The average molecular weight is 230 g/mol. The van der Waals surface area contributed by atoms with Gasteiger partial charge in [-0.3, -0.25) is 4.79 Å². The Morgan fingerprint density at radius 1 is 1.12 bits per heavy atom. The SMILES string of the molecule is CCC(CC)C(C)NC(=O)N[C@@H](C)C(=O)O. The number of carboxylic acids is 1. The van der Waals surface area contributed by atoms with E-state index in [9.17, 15) is 9.59 Å². The zero-order valence-corrected chi connectivity index (χ0v) is 10.4. The van der Waals surface area contributed by atoms with E-state index in [0.29, 0.717) is 5.92 Å². The molecule has 2 atom stereocenters. The van der Waals surface area contributed by atoms with Crippen molar-refractivity contribution in [1.29, 1.82) is 0 Å². The summed E-state index contributed by atoms with van der Waals surface area (Å²) in [6, 6.07) is -1.24. The second-order valence-electron chi connectivity index (χ2n) is 4.04. The third kappa shape index (κ3) is 5.00. The lowest BCUT2D eigenvalue weighted by Gasteiger charge is -2.23. The number of nitrogens with one attached hydrogen (secondary N) is 2. The van der Waals surface area contributed by atoms with Crippen LogP contribution in [0.4, 0.5) is 4.79 Å². The quantitative estimate of drug-likeness (QED) is 0.648. The third-order valence-electron chi connectivity index (χ3n) is 2.83. The molecule has 1 unspecified atom stereocenters. The van der Waals surface area contributed by atoms with Crippen molar-refractivity contribution in [3.8, 4) is 0 Å². The predicted molar refractivity (Wildman–Crippen MR) is 62.3 cm³/mol. The van der Waals surface area contributed by atoms with Gasteiger partial charge in [-0.05, 0) is 19.8 Å². The summed E-state index contributed by atoms with van der Waals surface area (Å²) in [6.07, 6.45) is 1.98. The van der Waals surface area contributed by atoms with Crippen molar-refractivity contribution in [3.63, 3.8) is 0 Å². The van der Waals surface area contributed by atoms with Gasteiger partial charge in [-0.25, -0.2) is 4.79 Å². The first-order chi connectivity index (χ1) is 7.42. The minimum absolute atomic E-state index is 0.0518. The van der Waals surface area contributed by atoms with Crippen molar-refractivity contribution < 1.29 is 14.7 Å². The Hall–Kier alpha value is -1.26. The molecule has 0 radical (unpaired) electrons. The van der Waals surface area contributed by atoms with Crippen LogP contribution in [-0.4, -0.2) is 29.2 Å². The Morgan fingerprint density at radius 3 is 2.00 bits per heavy atom. The lowest BCUT2D eigenvalue weighted by atomic mass is 9.96. The van der Waals surface area contributed by atoms with Crippen LogP contribution in [0.1, 0.15) is 40.5 Å². The number of aliphatic carboxylic acids is 1. The summed E-state index contributed by atoms with van der Waals surface area (Å²) in [5.74, 6) is -0.615. The molecular formula is C11H22N2O3. The van der Waals surface area contributed by atoms with Gasteiger partial charge in [0.05, 0.1) is 0 Å². The highest BCUT2D eigenvalue weighted by molar-refractivity contribution is 5.82. The van der Waals surface area contributed by atoms with Crippen LogP contribution in [0.3, 0.4) is 0 Å². The van der Waals surface area contributed by atoms with Gasteiger partial charge >= 0.3 is 12.0 Å². The number of hydrogen-bond donors (Lipinski definition) is 3. The van der Waals surface area contributed by atoms with E-state index in [1.54, 1.807) is 0 Å². The molecule has 0 aromatic rings. The van der Waals surface area contributed by atoms with Crippen LogP contribution in [0, 0.1) is 5.92 Å². The molecule has 2 amide bonds. The minimum Gasteiger partial charge on any atom is -0.480 e. The van der Waals surface area contributed by atoms with Crippen molar-refractivity contribution in [2.75, 3.05) is 0 Å². The molecule has 0 rings (SSSR count). The lowest BCUT2D eigenvalue weighted by Crippen LogP contribution is -2.48. The minimum atomic E-state index is -1.04. The number of carboxylic acid groups (broad SMARTS) is 1. The van der Waals surface area contributed by atoms with Crippen LogP contribution < -0.4 is 10.6 Å². The summed E-state index contributed by atoms with van der Waals surface area (Å²) in [4.78, 5) is 21.9. The van der Waals surface area contributed by atoms with Gasteiger partial charge in [-0.2, -0.15) is 0 Å². The van der Waals surface area contributed by atoms with Gasteiger partial charge in [-0.15, -0.1) is 0 Å². The number of carbonyl (C=O) groups is 2. The van der Waals surface area contributed by atoms with Crippen molar-refractivity contribution in [2.45, 2.75) is 52.6 Å². The van der Waals surface area contributed by atoms with Crippen molar-refractivity contribution in [1.82, 2.24) is 10.6 Å². The van der Waals surface area contributed by atoms with Gasteiger partial charge in [0.15, 0.2) is 0 Å². The highest BCUT2D eigenvalue weighted by atomic mass is 16.4. The van der Waals surface area contributed by atoms with Crippen LogP contribution in [-0.2, 0) is 4.79 Å². The molecule has 94 valence electrons. The molecule has 16 heavy (non-hydrogen) atoms. The van der Waals surface area contributed by atoms with Crippen LogP contribution >= 0.6 is 0 Å². The van der Waals surface area contributed by atoms with Gasteiger partial charge in [0, 0.05) is 6.04 Å². The Labute approximate surface area is 96.6 Å². The Bertz CT molecular complexity index is 239. The molecule has 0 aliphatic heterocycles. The average Bonchev–Trinajstić information content (AvgIpc) is 2.18. The second kappa shape index (κ2) is 7.09. The molecule has 0 heterocycles. The molecule has 3 N–H and O–H groups in total. The third-order valence-corrected chi connectivity index (χ3v) is 2.83. The van der Waals surface area contributed by atoms with Gasteiger partial charge < -0.3 is 15.7 Å². The number of urea groups is 1. The first-order valence-corrected chi connectivity index (χ1v) is 5.72. The van der Waals surface area contributed by atoms with E-state index < -0.39 is 18.0 Å². The maximum absolute atomic E-state index is 11.4. The van der Waals surface area contributed by atoms with E-state index in [-0.39, 0.29) is 6.04 Å².